The van der Waals surface area contributed by atoms with E-state index in [1.807, 2.05) is 6.92 Å². The molecule has 7 heteroatoms. The summed E-state index contributed by atoms with van der Waals surface area (Å²) in [6.07, 6.45) is 3.37. The van der Waals surface area contributed by atoms with Crippen molar-refractivity contribution in [2.75, 3.05) is 0 Å². The number of ether oxygens (including phenoxy) is 1. The molecule has 0 bridgehead atoms. The molecule has 194 valence electrons. The molecule has 0 aromatic carbocycles. The van der Waals surface area contributed by atoms with Gasteiger partial charge >= 0.3 is 5.97 Å². The van der Waals surface area contributed by atoms with Crippen molar-refractivity contribution in [3.8, 4) is 0 Å². The average Bonchev–Trinajstić information content (AvgIpc) is 3.06. The summed E-state index contributed by atoms with van der Waals surface area (Å²) in [5.41, 5.74) is -2.97. The SMILES string of the molecule is CC1=C(C)C(=O)O[C@@H]([C@](C)(O)[C@H]2C[C@H](O)[C@H]3[C@@H]4C[C@@H](O)[C@@]5(O)CC=CC(=O)[C@]5(C)[C@H]4CC[C@@]32C)C1. The van der Waals surface area contributed by atoms with Crippen LogP contribution in [-0.2, 0) is 14.3 Å². The molecule has 0 radical (unpaired) electrons. The first-order valence-electron chi connectivity index (χ1n) is 13.1. The lowest BCUT2D eigenvalue weighted by molar-refractivity contribution is -0.239. The van der Waals surface area contributed by atoms with Crippen molar-refractivity contribution in [1.82, 2.24) is 0 Å². The van der Waals surface area contributed by atoms with Crippen LogP contribution in [-0.4, -0.2) is 61.7 Å². The number of hydrogen-bond donors (Lipinski definition) is 4. The highest BCUT2D eigenvalue weighted by molar-refractivity contribution is 5.97. The summed E-state index contributed by atoms with van der Waals surface area (Å²) in [6, 6.07) is 0. The zero-order valence-corrected chi connectivity index (χ0v) is 21.5. The van der Waals surface area contributed by atoms with E-state index in [1.54, 1.807) is 26.8 Å². The highest BCUT2D eigenvalue weighted by Gasteiger charge is 2.71. The standard InChI is InChI=1S/C28H40O7/c1-14-11-22(35-24(32)15(14)2)27(5,33)19-13-18(29)23-16-12-21(31)28(34)9-6-7-20(30)26(28,4)17(16)8-10-25(19,23)3/h6-7,16-19,21-23,29,31,33-34H,8-13H2,1-5H3/t16-,17+,18+,19+,21-,22-,23-,25-,26+,27-,28+/m1/s1. The molecule has 11 atom stereocenters. The zero-order valence-electron chi connectivity index (χ0n) is 21.5. The second-order valence-electron chi connectivity index (χ2n) is 12.8. The third kappa shape index (κ3) is 3.11. The van der Waals surface area contributed by atoms with E-state index in [9.17, 15) is 30.0 Å². The van der Waals surface area contributed by atoms with Crippen LogP contribution in [0.4, 0.5) is 0 Å². The molecule has 4 aliphatic carbocycles. The van der Waals surface area contributed by atoms with Crippen molar-refractivity contribution in [3.63, 3.8) is 0 Å². The van der Waals surface area contributed by atoms with Crippen molar-refractivity contribution in [1.29, 1.82) is 0 Å². The van der Waals surface area contributed by atoms with E-state index >= 15 is 0 Å². The first-order chi connectivity index (χ1) is 16.2. The van der Waals surface area contributed by atoms with Gasteiger partial charge in [0.1, 0.15) is 17.3 Å². The Morgan fingerprint density at radius 2 is 1.83 bits per heavy atom. The Bertz CT molecular complexity index is 1010. The van der Waals surface area contributed by atoms with Gasteiger partial charge in [-0.15, -0.1) is 0 Å². The molecule has 5 rings (SSSR count). The Kier molecular flexibility index (Phi) is 5.55. The lowest BCUT2D eigenvalue weighted by Gasteiger charge is -2.63. The molecule has 7 nitrogen and oxygen atoms in total. The van der Waals surface area contributed by atoms with Crippen molar-refractivity contribution in [2.45, 2.75) is 103 Å². The number of allylic oxidation sites excluding steroid dienone is 1. The van der Waals surface area contributed by atoms with Crippen molar-refractivity contribution < 1.29 is 34.8 Å². The van der Waals surface area contributed by atoms with Crippen LogP contribution in [0.15, 0.2) is 23.3 Å². The van der Waals surface area contributed by atoms with E-state index in [2.05, 4.69) is 6.92 Å². The van der Waals surface area contributed by atoms with Crippen LogP contribution in [0.3, 0.4) is 0 Å². The summed E-state index contributed by atoms with van der Waals surface area (Å²) in [5, 5.41) is 46.0. The van der Waals surface area contributed by atoms with E-state index in [1.165, 1.54) is 6.08 Å². The third-order valence-electron chi connectivity index (χ3n) is 11.4. The fourth-order valence-electron chi connectivity index (χ4n) is 9.11. The van der Waals surface area contributed by atoms with E-state index < -0.39 is 46.3 Å². The molecule has 0 saturated heterocycles. The van der Waals surface area contributed by atoms with Crippen molar-refractivity contribution in [3.05, 3.63) is 23.3 Å². The number of rotatable bonds is 2. The number of fused-ring (bicyclic) bond motifs is 5. The van der Waals surface area contributed by atoms with E-state index in [-0.39, 0.29) is 35.9 Å². The van der Waals surface area contributed by atoms with Gasteiger partial charge in [-0.1, -0.05) is 18.6 Å². The van der Waals surface area contributed by atoms with Gasteiger partial charge in [0.25, 0.3) is 0 Å². The summed E-state index contributed by atoms with van der Waals surface area (Å²) >= 11 is 0. The van der Waals surface area contributed by atoms with Crippen LogP contribution in [0.25, 0.3) is 0 Å². The van der Waals surface area contributed by atoms with Crippen LogP contribution < -0.4 is 0 Å². The number of aliphatic hydroxyl groups excluding tert-OH is 2. The summed E-state index contributed by atoms with van der Waals surface area (Å²) in [6.45, 7) is 9.23. The molecule has 35 heavy (non-hydrogen) atoms. The van der Waals surface area contributed by atoms with E-state index in [4.69, 9.17) is 4.74 Å². The molecule has 3 fully saturated rings. The number of carbonyl (C=O) groups is 2. The normalized spacial score (nSPS) is 51.3. The minimum atomic E-state index is -1.51. The number of cyclic esters (lactones) is 1. The third-order valence-corrected chi connectivity index (χ3v) is 11.4. The molecule has 5 aliphatic rings. The van der Waals surface area contributed by atoms with Gasteiger partial charge in [0.2, 0.25) is 0 Å². The highest BCUT2D eigenvalue weighted by Crippen LogP contribution is 2.68. The van der Waals surface area contributed by atoms with Crippen LogP contribution in [0.5, 0.6) is 0 Å². The Morgan fingerprint density at radius 1 is 1.14 bits per heavy atom. The smallest absolute Gasteiger partial charge is 0.334 e. The molecule has 3 saturated carbocycles. The lowest BCUT2D eigenvalue weighted by atomic mass is 9.42. The Balaban J connectivity index is 1.50. The highest BCUT2D eigenvalue weighted by atomic mass is 16.6. The summed E-state index contributed by atoms with van der Waals surface area (Å²) in [7, 11) is 0. The molecule has 1 heterocycles. The molecular weight excluding hydrogens is 448 g/mol. The van der Waals surface area contributed by atoms with Gasteiger partial charge in [-0.25, -0.2) is 4.79 Å². The number of aliphatic hydroxyl groups is 4. The first-order valence-corrected chi connectivity index (χ1v) is 13.1. The summed E-state index contributed by atoms with van der Waals surface area (Å²) < 4.78 is 5.69. The molecular formula is C28H40O7. The van der Waals surface area contributed by atoms with Crippen molar-refractivity contribution >= 4 is 11.8 Å². The first kappa shape index (κ1) is 25.1. The minimum absolute atomic E-state index is 0.161. The Morgan fingerprint density at radius 3 is 2.49 bits per heavy atom. The van der Waals surface area contributed by atoms with Gasteiger partial charge in [0.15, 0.2) is 5.78 Å². The zero-order chi connectivity index (χ0) is 25.7. The van der Waals surface area contributed by atoms with Crippen LogP contribution in [0, 0.1) is 34.5 Å². The minimum Gasteiger partial charge on any atom is -0.456 e. The molecule has 4 N–H and O–H groups in total. The van der Waals surface area contributed by atoms with E-state index in [0.717, 1.165) is 5.57 Å². The maximum Gasteiger partial charge on any atom is 0.334 e. The van der Waals surface area contributed by atoms with Gasteiger partial charge < -0.3 is 25.2 Å². The average molecular weight is 489 g/mol. The maximum atomic E-state index is 13.2. The lowest BCUT2D eigenvalue weighted by Crippen LogP contribution is -2.70. The monoisotopic (exact) mass is 488 g/mol. The molecule has 0 amide bonds. The summed E-state index contributed by atoms with van der Waals surface area (Å²) in [5.74, 6) is -1.48. The number of esters is 1. The Hall–Kier alpha value is -1.54. The Labute approximate surface area is 207 Å². The van der Waals surface area contributed by atoms with Gasteiger partial charge in [0, 0.05) is 12.0 Å². The van der Waals surface area contributed by atoms with Crippen LogP contribution in [0.2, 0.25) is 0 Å². The number of carbonyl (C=O) groups excluding carboxylic acids is 2. The predicted octanol–water partition coefficient (Wildman–Crippen LogP) is 2.45. The molecule has 1 aliphatic heterocycles. The van der Waals surface area contributed by atoms with Crippen LogP contribution in [0.1, 0.15) is 73.1 Å². The molecule has 0 aromatic rings. The van der Waals surface area contributed by atoms with Crippen molar-refractivity contribution in [2.24, 2.45) is 34.5 Å². The fraction of sp³-hybridized carbons (Fsp3) is 0.786. The number of ketones is 1. The van der Waals surface area contributed by atoms with Gasteiger partial charge in [-0.3, -0.25) is 4.79 Å². The predicted molar refractivity (Wildman–Crippen MR) is 128 cm³/mol. The second kappa shape index (κ2) is 7.73. The molecule has 0 unspecified atom stereocenters. The quantitative estimate of drug-likeness (QED) is 0.440. The summed E-state index contributed by atoms with van der Waals surface area (Å²) in [4.78, 5) is 25.6. The molecule has 0 spiro atoms. The maximum absolute atomic E-state index is 13.2. The van der Waals surface area contributed by atoms with Gasteiger partial charge in [0.05, 0.1) is 17.6 Å². The second-order valence-corrected chi connectivity index (χ2v) is 12.8. The largest absolute Gasteiger partial charge is 0.456 e. The van der Waals surface area contributed by atoms with Gasteiger partial charge in [-0.05, 0) is 95.0 Å². The molecule has 0 aromatic heterocycles. The number of hydrogen-bond acceptors (Lipinski definition) is 7. The van der Waals surface area contributed by atoms with Gasteiger partial charge in [-0.2, -0.15) is 0 Å². The van der Waals surface area contributed by atoms with E-state index in [0.29, 0.717) is 37.7 Å². The van der Waals surface area contributed by atoms with Crippen LogP contribution >= 0.6 is 0 Å². The topological polar surface area (TPSA) is 124 Å². The fourth-order valence-corrected chi connectivity index (χ4v) is 9.11.